The summed E-state index contributed by atoms with van der Waals surface area (Å²) in [6, 6.07) is 20.7. The highest BCUT2D eigenvalue weighted by Gasteiger charge is 2.24. The zero-order valence-corrected chi connectivity index (χ0v) is 18.0. The van der Waals surface area contributed by atoms with E-state index in [1.165, 1.54) is 60.1 Å². The van der Waals surface area contributed by atoms with Crippen molar-refractivity contribution in [2.45, 2.75) is 25.7 Å². The second kappa shape index (κ2) is 6.18. The minimum Gasteiger partial charge on any atom is -0.381 e. The normalized spacial score (nSPS) is 15.9. The zero-order chi connectivity index (χ0) is 20.7. The van der Waals surface area contributed by atoms with Crippen molar-refractivity contribution in [2.75, 3.05) is 13.2 Å². The number of ether oxygens (including phenoxy) is 1. The van der Waals surface area contributed by atoms with E-state index in [1.54, 1.807) is 0 Å². The number of pyridine rings is 2. The van der Waals surface area contributed by atoms with Crippen LogP contribution in [0.15, 0.2) is 60.8 Å². The lowest BCUT2D eigenvalue weighted by molar-refractivity contribution is -0.643. The number of hydrogen-bond acceptors (Lipinski definition) is 1. The van der Waals surface area contributed by atoms with Gasteiger partial charge in [0.25, 0.3) is 0 Å². The van der Waals surface area contributed by atoms with Gasteiger partial charge in [0.05, 0.1) is 27.3 Å². The van der Waals surface area contributed by atoms with Crippen molar-refractivity contribution in [1.82, 2.24) is 4.40 Å². The maximum atomic E-state index is 5.61. The van der Waals surface area contributed by atoms with Crippen molar-refractivity contribution in [3.8, 4) is 0 Å². The summed E-state index contributed by atoms with van der Waals surface area (Å²) in [5.74, 6) is 0.602. The largest absolute Gasteiger partial charge is 0.381 e. The van der Waals surface area contributed by atoms with Gasteiger partial charge in [0.1, 0.15) is 7.05 Å². The molecular formula is C28H25N2O+. The van der Waals surface area contributed by atoms with E-state index in [0.29, 0.717) is 5.92 Å². The van der Waals surface area contributed by atoms with E-state index in [1.807, 2.05) is 0 Å². The van der Waals surface area contributed by atoms with E-state index < -0.39 is 0 Å². The maximum Gasteiger partial charge on any atom is 0.224 e. The van der Waals surface area contributed by atoms with E-state index in [2.05, 4.69) is 83.7 Å². The van der Waals surface area contributed by atoms with Gasteiger partial charge in [0.2, 0.25) is 5.52 Å². The van der Waals surface area contributed by atoms with Crippen LogP contribution < -0.4 is 4.57 Å². The van der Waals surface area contributed by atoms with Crippen LogP contribution in [-0.4, -0.2) is 17.6 Å². The van der Waals surface area contributed by atoms with Crippen LogP contribution in [-0.2, 0) is 11.8 Å². The van der Waals surface area contributed by atoms with Gasteiger partial charge in [-0.2, -0.15) is 0 Å². The van der Waals surface area contributed by atoms with Crippen LogP contribution in [0.2, 0.25) is 0 Å². The number of benzene rings is 3. The van der Waals surface area contributed by atoms with Crippen molar-refractivity contribution < 1.29 is 9.30 Å². The van der Waals surface area contributed by atoms with E-state index in [4.69, 9.17) is 4.74 Å². The highest BCUT2D eigenvalue weighted by Crippen LogP contribution is 2.41. The third-order valence-corrected chi connectivity index (χ3v) is 7.47. The van der Waals surface area contributed by atoms with Gasteiger partial charge < -0.3 is 9.14 Å². The lowest BCUT2D eigenvalue weighted by Crippen LogP contribution is -2.28. The molecule has 6 aromatic rings. The number of aromatic nitrogens is 2. The van der Waals surface area contributed by atoms with E-state index >= 15 is 0 Å². The van der Waals surface area contributed by atoms with Gasteiger partial charge in [-0.3, -0.25) is 0 Å². The van der Waals surface area contributed by atoms with Crippen LogP contribution in [0, 0.1) is 6.92 Å². The van der Waals surface area contributed by atoms with Gasteiger partial charge in [0, 0.05) is 30.1 Å². The van der Waals surface area contributed by atoms with Crippen molar-refractivity contribution >= 4 is 49.0 Å². The average Bonchev–Trinajstić information content (AvgIpc) is 3.14. The number of fused-ring (bicyclic) bond motifs is 5. The number of aryl methyl sites for hydroxylation is 2. The molecule has 0 unspecified atom stereocenters. The number of nitrogens with zero attached hydrogens (tertiary/aromatic N) is 2. The molecule has 0 saturated carbocycles. The quantitative estimate of drug-likeness (QED) is 0.186. The van der Waals surface area contributed by atoms with E-state index in [0.717, 1.165) is 26.1 Å². The summed E-state index contributed by atoms with van der Waals surface area (Å²) < 4.78 is 10.4. The molecule has 3 heteroatoms. The summed E-state index contributed by atoms with van der Waals surface area (Å²) in [5.41, 5.74) is 8.07. The molecule has 3 aromatic heterocycles. The topological polar surface area (TPSA) is 17.5 Å². The zero-order valence-electron chi connectivity index (χ0n) is 18.0. The fraction of sp³-hybridized carbons (Fsp3) is 0.250. The third-order valence-electron chi connectivity index (χ3n) is 7.47. The summed E-state index contributed by atoms with van der Waals surface area (Å²) >= 11 is 0. The molecule has 31 heavy (non-hydrogen) atoms. The first-order valence-corrected chi connectivity index (χ1v) is 11.3. The summed E-state index contributed by atoms with van der Waals surface area (Å²) in [5, 5.41) is 6.74. The highest BCUT2D eigenvalue weighted by atomic mass is 16.5. The molecule has 3 aromatic carbocycles. The molecule has 0 aliphatic carbocycles. The van der Waals surface area contributed by atoms with E-state index in [9.17, 15) is 0 Å². The molecule has 4 heterocycles. The molecular weight excluding hydrogens is 380 g/mol. The lowest BCUT2D eigenvalue weighted by atomic mass is 9.90. The Balaban J connectivity index is 1.72. The predicted octanol–water partition coefficient (Wildman–Crippen LogP) is 6.02. The molecule has 0 amide bonds. The predicted molar refractivity (Wildman–Crippen MR) is 127 cm³/mol. The first-order valence-electron chi connectivity index (χ1n) is 11.3. The minimum absolute atomic E-state index is 0.602. The SMILES string of the molecule is Cc1ccc2c3cc(C4CCOCC4)ccc3n3c4cccc5cc[n+](C)c(c1c23)c54. The summed E-state index contributed by atoms with van der Waals surface area (Å²) in [6.07, 6.45) is 4.44. The minimum atomic E-state index is 0.602. The second-order valence-corrected chi connectivity index (χ2v) is 9.17. The molecule has 0 radical (unpaired) electrons. The Hall–Kier alpha value is -3.17. The molecule has 3 nitrogen and oxygen atoms in total. The molecule has 0 bridgehead atoms. The fourth-order valence-corrected chi connectivity index (χ4v) is 5.95. The maximum absolute atomic E-state index is 5.61. The molecule has 0 spiro atoms. The first kappa shape index (κ1) is 17.5. The van der Waals surface area contributed by atoms with Crippen LogP contribution in [0.3, 0.4) is 0 Å². The van der Waals surface area contributed by atoms with Crippen LogP contribution in [0.5, 0.6) is 0 Å². The molecule has 152 valence electrons. The average molecular weight is 406 g/mol. The van der Waals surface area contributed by atoms with Crippen LogP contribution >= 0.6 is 0 Å². The number of hydrogen-bond donors (Lipinski definition) is 0. The Bertz CT molecular complexity index is 1640. The smallest absolute Gasteiger partial charge is 0.224 e. The third kappa shape index (κ3) is 2.25. The Morgan fingerprint density at radius 1 is 0.903 bits per heavy atom. The van der Waals surface area contributed by atoms with Gasteiger partial charge >= 0.3 is 0 Å². The number of rotatable bonds is 1. The van der Waals surface area contributed by atoms with Gasteiger partial charge in [0.15, 0.2) is 6.20 Å². The lowest BCUT2D eigenvalue weighted by Gasteiger charge is -2.22. The Kier molecular flexibility index (Phi) is 3.49. The molecule has 0 atom stereocenters. The Morgan fingerprint density at radius 3 is 2.65 bits per heavy atom. The monoisotopic (exact) mass is 405 g/mol. The standard InChI is InChI=1S/C28H25N2O/c1-17-6-8-21-22-16-20(18-11-14-31-15-12-18)7-9-23(22)30-24-5-3-4-19-10-13-29(2)28(26(19)24)25(17)27(21)30/h3-10,13,16,18H,11-12,14-15H2,1-2H3/q+1. The van der Waals surface area contributed by atoms with Crippen molar-refractivity contribution in [1.29, 1.82) is 0 Å². The molecule has 1 saturated heterocycles. The molecule has 1 fully saturated rings. The summed E-state index contributed by atoms with van der Waals surface area (Å²) in [4.78, 5) is 0. The molecule has 0 N–H and O–H groups in total. The summed E-state index contributed by atoms with van der Waals surface area (Å²) in [7, 11) is 2.17. The molecule has 1 aliphatic rings. The second-order valence-electron chi connectivity index (χ2n) is 9.17. The Morgan fingerprint density at radius 2 is 1.77 bits per heavy atom. The summed E-state index contributed by atoms with van der Waals surface area (Å²) in [6.45, 7) is 4.00. The van der Waals surface area contributed by atoms with Crippen molar-refractivity contribution in [2.24, 2.45) is 7.05 Å². The van der Waals surface area contributed by atoms with Gasteiger partial charge in [-0.15, -0.1) is 0 Å². The van der Waals surface area contributed by atoms with Crippen LogP contribution in [0.4, 0.5) is 0 Å². The van der Waals surface area contributed by atoms with Gasteiger partial charge in [-0.1, -0.05) is 30.3 Å². The van der Waals surface area contributed by atoms with Gasteiger partial charge in [-0.25, -0.2) is 4.57 Å². The van der Waals surface area contributed by atoms with E-state index in [-0.39, 0.29) is 0 Å². The van der Waals surface area contributed by atoms with Crippen LogP contribution in [0.25, 0.3) is 49.0 Å². The molecule has 7 rings (SSSR count). The highest BCUT2D eigenvalue weighted by molar-refractivity contribution is 6.25. The van der Waals surface area contributed by atoms with Gasteiger partial charge in [-0.05, 0) is 60.4 Å². The Labute approximate surface area is 180 Å². The van der Waals surface area contributed by atoms with Crippen LogP contribution in [0.1, 0.15) is 29.9 Å². The molecule has 1 aliphatic heterocycles. The van der Waals surface area contributed by atoms with Crippen molar-refractivity contribution in [3.05, 3.63) is 71.9 Å². The first-order chi connectivity index (χ1) is 15.2. The fourth-order valence-electron chi connectivity index (χ4n) is 5.95. The van der Waals surface area contributed by atoms with Crippen molar-refractivity contribution in [3.63, 3.8) is 0 Å².